The Kier molecular flexibility index (Phi) is 8.75. The summed E-state index contributed by atoms with van der Waals surface area (Å²) in [7, 11) is 0. The highest BCUT2D eigenvalue weighted by Gasteiger charge is 2.39. The van der Waals surface area contributed by atoms with Crippen molar-refractivity contribution in [2.24, 2.45) is 21.7 Å². The minimum absolute atomic E-state index is 0.0573. The molecule has 0 radical (unpaired) electrons. The van der Waals surface area contributed by atoms with E-state index in [1.807, 2.05) is 13.8 Å². The topological polar surface area (TPSA) is 89.8 Å². The standard InChI is InChI=1S/C22H43NO4/c1-18(2,3)12-19(4,5)10-11-20(6,7)13-21(8,9)17(27)23-22(14-24,15-25)16-26/h10-11,24-26H,12-16H2,1-9H3,(H,23,27). The van der Waals surface area contributed by atoms with E-state index >= 15 is 0 Å². The molecule has 0 fully saturated rings. The Labute approximate surface area is 166 Å². The molecule has 0 rings (SSSR count). The van der Waals surface area contributed by atoms with E-state index in [2.05, 4.69) is 65.9 Å². The molecule has 5 heteroatoms. The van der Waals surface area contributed by atoms with E-state index < -0.39 is 30.8 Å². The van der Waals surface area contributed by atoms with Gasteiger partial charge in [0.15, 0.2) is 0 Å². The zero-order valence-corrected chi connectivity index (χ0v) is 18.9. The van der Waals surface area contributed by atoms with Gasteiger partial charge in [0.05, 0.1) is 19.8 Å². The summed E-state index contributed by atoms with van der Waals surface area (Å²) in [5.74, 6) is -0.296. The van der Waals surface area contributed by atoms with Crippen molar-refractivity contribution in [1.82, 2.24) is 5.32 Å². The van der Waals surface area contributed by atoms with Gasteiger partial charge in [-0.1, -0.05) is 74.5 Å². The summed E-state index contributed by atoms with van der Waals surface area (Å²) in [5, 5.41) is 31.0. The summed E-state index contributed by atoms with van der Waals surface area (Å²) < 4.78 is 0. The summed E-state index contributed by atoms with van der Waals surface area (Å²) in [6, 6.07) is 0. The van der Waals surface area contributed by atoms with Crippen LogP contribution in [0.15, 0.2) is 12.2 Å². The molecule has 0 aromatic heterocycles. The fourth-order valence-electron chi connectivity index (χ4n) is 3.83. The first-order valence-corrected chi connectivity index (χ1v) is 9.79. The van der Waals surface area contributed by atoms with Gasteiger partial charge < -0.3 is 20.6 Å². The highest BCUT2D eigenvalue weighted by molar-refractivity contribution is 5.82. The summed E-state index contributed by atoms with van der Waals surface area (Å²) >= 11 is 0. The Morgan fingerprint density at radius 2 is 1.11 bits per heavy atom. The third-order valence-corrected chi connectivity index (χ3v) is 4.77. The number of amides is 1. The molecule has 4 N–H and O–H groups in total. The average molecular weight is 386 g/mol. The molecule has 0 heterocycles. The maximum atomic E-state index is 12.8. The van der Waals surface area contributed by atoms with Gasteiger partial charge in [0, 0.05) is 5.41 Å². The summed E-state index contributed by atoms with van der Waals surface area (Å²) in [4.78, 5) is 12.8. The molecule has 0 atom stereocenters. The first-order valence-electron chi connectivity index (χ1n) is 9.79. The van der Waals surface area contributed by atoms with Gasteiger partial charge in [-0.25, -0.2) is 0 Å². The third-order valence-electron chi connectivity index (χ3n) is 4.77. The second-order valence-electron chi connectivity index (χ2n) is 11.3. The Bertz CT molecular complexity index is 501. The molecular formula is C22H43NO4. The van der Waals surface area contributed by atoms with Crippen molar-refractivity contribution in [3.63, 3.8) is 0 Å². The van der Waals surface area contributed by atoms with Crippen LogP contribution < -0.4 is 5.32 Å². The Morgan fingerprint density at radius 3 is 1.44 bits per heavy atom. The van der Waals surface area contributed by atoms with Crippen LogP contribution >= 0.6 is 0 Å². The van der Waals surface area contributed by atoms with Gasteiger partial charge in [0.2, 0.25) is 5.91 Å². The van der Waals surface area contributed by atoms with Crippen LogP contribution in [0.1, 0.15) is 75.2 Å². The summed E-state index contributed by atoms with van der Waals surface area (Å²) in [5.41, 5.74) is -2.05. The molecular weight excluding hydrogens is 342 g/mol. The fraction of sp³-hybridized carbons (Fsp3) is 0.864. The fourth-order valence-corrected chi connectivity index (χ4v) is 3.83. The number of carbonyl (C=O) groups is 1. The van der Waals surface area contributed by atoms with Crippen molar-refractivity contribution in [3.8, 4) is 0 Å². The zero-order chi connectivity index (χ0) is 21.7. The van der Waals surface area contributed by atoms with Crippen molar-refractivity contribution in [2.75, 3.05) is 19.8 Å². The molecule has 0 saturated heterocycles. The van der Waals surface area contributed by atoms with Gasteiger partial charge in [-0.2, -0.15) is 0 Å². The molecule has 0 spiro atoms. The van der Waals surface area contributed by atoms with E-state index in [1.54, 1.807) is 0 Å². The van der Waals surface area contributed by atoms with E-state index in [0.717, 1.165) is 6.42 Å². The predicted molar refractivity (Wildman–Crippen MR) is 111 cm³/mol. The molecule has 0 aromatic carbocycles. The number of carbonyl (C=O) groups excluding carboxylic acids is 1. The third kappa shape index (κ3) is 9.22. The molecule has 0 aliphatic heterocycles. The van der Waals surface area contributed by atoms with Crippen LogP contribution in [0.5, 0.6) is 0 Å². The summed E-state index contributed by atoms with van der Waals surface area (Å²) in [6.45, 7) is 17.5. The lowest BCUT2D eigenvalue weighted by Gasteiger charge is -2.37. The molecule has 0 aliphatic carbocycles. The molecule has 0 saturated carbocycles. The quantitative estimate of drug-likeness (QED) is 0.435. The van der Waals surface area contributed by atoms with Gasteiger partial charge in [0.1, 0.15) is 5.54 Å². The number of allylic oxidation sites excluding steroid dienone is 2. The van der Waals surface area contributed by atoms with Gasteiger partial charge >= 0.3 is 0 Å². The number of nitrogens with one attached hydrogen (secondary N) is 1. The number of rotatable bonds is 10. The van der Waals surface area contributed by atoms with Crippen molar-refractivity contribution >= 4 is 5.91 Å². The molecule has 27 heavy (non-hydrogen) atoms. The SMILES string of the molecule is CC(C)(C)CC(C)(C)C=CC(C)(C)CC(C)(C)C(=O)NC(CO)(CO)CO. The maximum Gasteiger partial charge on any atom is 0.226 e. The molecule has 0 unspecified atom stereocenters. The van der Waals surface area contributed by atoms with Crippen LogP contribution in [-0.2, 0) is 4.79 Å². The van der Waals surface area contributed by atoms with E-state index in [9.17, 15) is 20.1 Å². The van der Waals surface area contributed by atoms with Gasteiger partial charge in [-0.3, -0.25) is 4.79 Å². The second-order valence-corrected chi connectivity index (χ2v) is 11.3. The van der Waals surface area contributed by atoms with Gasteiger partial charge in [-0.15, -0.1) is 0 Å². The number of hydrogen-bond acceptors (Lipinski definition) is 4. The monoisotopic (exact) mass is 385 g/mol. The van der Waals surface area contributed by atoms with Crippen molar-refractivity contribution < 1.29 is 20.1 Å². The first-order chi connectivity index (χ1) is 11.9. The average Bonchev–Trinajstić information content (AvgIpc) is 2.47. The van der Waals surface area contributed by atoms with Crippen LogP contribution in [0.4, 0.5) is 0 Å². The molecule has 0 bridgehead atoms. The molecule has 0 aliphatic rings. The molecule has 0 aromatic rings. The minimum Gasteiger partial charge on any atom is -0.394 e. The van der Waals surface area contributed by atoms with Crippen molar-refractivity contribution in [1.29, 1.82) is 0 Å². The van der Waals surface area contributed by atoms with Gasteiger partial charge in [0.25, 0.3) is 0 Å². The maximum absolute atomic E-state index is 12.8. The van der Waals surface area contributed by atoms with E-state index in [4.69, 9.17) is 0 Å². The first kappa shape index (κ1) is 26.1. The highest BCUT2D eigenvalue weighted by atomic mass is 16.3. The number of aliphatic hydroxyl groups excluding tert-OH is 3. The highest BCUT2D eigenvalue weighted by Crippen LogP contribution is 2.39. The smallest absolute Gasteiger partial charge is 0.226 e. The van der Waals surface area contributed by atoms with E-state index in [0.29, 0.717) is 6.42 Å². The molecule has 1 amide bonds. The van der Waals surface area contributed by atoms with Gasteiger partial charge in [-0.05, 0) is 29.1 Å². The van der Waals surface area contributed by atoms with Crippen LogP contribution in [-0.4, -0.2) is 46.6 Å². The van der Waals surface area contributed by atoms with Crippen molar-refractivity contribution in [3.05, 3.63) is 12.2 Å². The van der Waals surface area contributed by atoms with Crippen LogP contribution in [0.3, 0.4) is 0 Å². The summed E-state index contributed by atoms with van der Waals surface area (Å²) in [6.07, 6.45) is 6.08. The normalized spacial score (nSPS) is 14.7. The largest absolute Gasteiger partial charge is 0.394 e. The van der Waals surface area contributed by atoms with Crippen LogP contribution in [0, 0.1) is 21.7 Å². The Balaban J connectivity index is 5.24. The van der Waals surface area contributed by atoms with Crippen LogP contribution in [0.2, 0.25) is 0 Å². The van der Waals surface area contributed by atoms with E-state index in [-0.39, 0.29) is 22.2 Å². The minimum atomic E-state index is -1.40. The Morgan fingerprint density at radius 1 is 0.741 bits per heavy atom. The van der Waals surface area contributed by atoms with Crippen LogP contribution in [0.25, 0.3) is 0 Å². The number of aliphatic hydroxyl groups is 3. The lowest BCUT2D eigenvalue weighted by Crippen LogP contribution is -2.59. The second kappa shape index (κ2) is 9.06. The van der Waals surface area contributed by atoms with Crippen molar-refractivity contribution in [2.45, 2.75) is 80.7 Å². The lowest BCUT2D eigenvalue weighted by molar-refractivity contribution is -0.135. The van der Waals surface area contributed by atoms with E-state index in [1.165, 1.54) is 0 Å². The Hall–Kier alpha value is -0.910. The predicted octanol–water partition coefficient (Wildman–Crippen LogP) is 3.28. The molecule has 5 nitrogen and oxygen atoms in total. The molecule has 160 valence electrons. The lowest BCUT2D eigenvalue weighted by atomic mass is 9.71. The number of hydrogen-bond donors (Lipinski definition) is 4. The zero-order valence-electron chi connectivity index (χ0n) is 18.9.